The molecule has 0 fully saturated rings. The highest BCUT2D eigenvalue weighted by Gasteiger charge is 2.27. The molecule has 0 bridgehead atoms. The van der Waals surface area contributed by atoms with Gasteiger partial charge in [0.05, 0.1) is 13.2 Å². The van der Waals surface area contributed by atoms with Gasteiger partial charge < -0.3 is 14.6 Å². The zero-order valence-corrected chi connectivity index (χ0v) is 12.5. The van der Waals surface area contributed by atoms with Crippen LogP contribution in [0.15, 0.2) is 22.7 Å². The van der Waals surface area contributed by atoms with Gasteiger partial charge in [-0.25, -0.2) is 0 Å². The minimum absolute atomic E-state index is 0.137. The van der Waals surface area contributed by atoms with Gasteiger partial charge in [-0.3, -0.25) is 0 Å². The molecule has 0 aliphatic rings. The van der Waals surface area contributed by atoms with Crippen LogP contribution in [0.5, 0.6) is 5.75 Å². The highest BCUT2D eigenvalue weighted by Crippen LogP contribution is 2.24. The molecule has 1 unspecified atom stereocenters. The first-order valence-corrected chi connectivity index (χ1v) is 6.76. The second-order valence-electron chi connectivity index (χ2n) is 4.27. The molecule has 0 aromatic heterocycles. The Morgan fingerprint density at radius 1 is 1.35 bits per heavy atom. The van der Waals surface area contributed by atoms with Crippen LogP contribution in [0.2, 0.25) is 0 Å². The van der Waals surface area contributed by atoms with Gasteiger partial charge in [0.2, 0.25) is 0 Å². The number of ether oxygens (including phenoxy) is 2. The zero-order valence-electron chi connectivity index (χ0n) is 10.9. The van der Waals surface area contributed by atoms with Crippen molar-refractivity contribution in [3.63, 3.8) is 0 Å². The average molecular weight is 357 g/mol. The SMILES string of the molecule is COc1ccc(Br)c(CC(O)CCOCC(F)(F)F)c1. The number of rotatable bonds is 7. The second kappa shape index (κ2) is 7.85. The van der Waals surface area contributed by atoms with Gasteiger partial charge in [-0.05, 0) is 36.6 Å². The zero-order chi connectivity index (χ0) is 15.2. The van der Waals surface area contributed by atoms with E-state index in [-0.39, 0.29) is 13.0 Å². The third-order valence-electron chi connectivity index (χ3n) is 2.57. The van der Waals surface area contributed by atoms with Gasteiger partial charge in [0, 0.05) is 11.1 Å². The molecule has 0 aliphatic heterocycles. The van der Waals surface area contributed by atoms with Crippen molar-refractivity contribution >= 4 is 15.9 Å². The van der Waals surface area contributed by atoms with E-state index in [0.29, 0.717) is 12.2 Å². The summed E-state index contributed by atoms with van der Waals surface area (Å²) in [7, 11) is 1.54. The summed E-state index contributed by atoms with van der Waals surface area (Å²) >= 11 is 3.35. The first-order chi connectivity index (χ1) is 9.31. The van der Waals surface area contributed by atoms with Gasteiger partial charge in [-0.2, -0.15) is 13.2 Å². The van der Waals surface area contributed by atoms with E-state index >= 15 is 0 Å². The largest absolute Gasteiger partial charge is 0.497 e. The van der Waals surface area contributed by atoms with Gasteiger partial charge in [0.15, 0.2) is 0 Å². The maximum Gasteiger partial charge on any atom is 0.411 e. The second-order valence-corrected chi connectivity index (χ2v) is 5.13. The summed E-state index contributed by atoms with van der Waals surface area (Å²) in [6.45, 7) is -1.43. The number of aliphatic hydroxyl groups is 1. The van der Waals surface area contributed by atoms with Crippen LogP contribution in [0.25, 0.3) is 0 Å². The first kappa shape index (κ1) is 17.3. The van der Waals surface area contributed by atoms with Crippen molar-refractivity contribution in [3.8, 4) is 5.75 Å². The standard InChI is InChI=1S/C13H16BrF3O3/c1-19-11-2-3-12(14)9(7-11)6-10(18)4-5-20-8-13(15,16)17/h2-3,7,10,18H,4-6,8H2,1H3. The van der Waals surface area contributed by atoms with E-state index < -0.39 is 18.9 Å². The topological polar surface area (TPSA) is 38.7 Å². The fourth-order valence-corrected chi connectivity index (χ4v) is 2.01. The number of benzene rings is 1. The molecule has 1 rings (SSSR count). The normalized spacial score (nSPS) is 13.3. The predicted molar refractivity (Wildman–Crippen MR) is 71.9 cm³/mol. The molecule has 1 aromatic carbocycles. The Morgan fingerprint density at radius 2 is 2.05 bits per heavy atom. The van der Waals surface area contributed by atoms with Crippen LogP contribution in [0.4, 0.5) is 13.2 Å². The van der Waals surface area contributed by atoms with Crippen LogP contribution in [0, 0.1) is 0 Å². The molecule has 0 spiro atoms. The Balaban J connectivity index is 2.40. The molecule has 0 aliphatic carbocycles. The van der Waals surface area contributed by atoms with Gasteiger partial charge in [-0.15, -0.1) is 0 Å². The fourth-order valence-electron chi connectivity index (χ4n) is 1.60. The summed E-state index contributed by atoms with van der Waals surface area (Å²) < 4.78 is 45.9. The van der Waals surface area contributed by atoms with E-state index in [2.05, 4.69) is 20.7 Å². The molecule has 1 N–H and O–H groups in total. The molecule has 1 aromatic rings. The van der Waals surface area contributed by atoms with Crippen LogP contribution in [0.3, 0.4) is 0 Å². The number of halogens is 4. The van der Waals surface area contributed by atoms with Gasteiger partial charge in [-0.1, -0.05) is 15.9 Å². The summed E-state index contributed by atoms with van der Waals surface area (Å²) in [5, 5.41) is 9.80. The lowest BCUT2D eigenvalue weighted by Gasteiger charge is -2.13. The highest BCUT2D eigenvalue weighted by atomic mass is 79.9. The smallest absolute Gasteiger partial charge is 0.411 e. The molecule has 0 amide bonds. The lowest BCUT2D eigenvalue weighted by atomic mass is 10.1. The Hall–Kier alpha value is -0.790. The third-order valence-corrected chi connectivity index (χ3v) is 3.34. The van der Waals surface area contributed by atoms with Crippen LogP contribution in [0.1, 0.15) is 12.0 Å². The van der Waals surface area contributed by atoms with Crippen molar-refractivity contribution < 1.29 is 27.8 Å². The highest BCUT2D eigenvalue weighted by molar-refractivity contribution is 9.10. The molecular weight excluding hydrogens is 341 g/mol. The van der Waals surface area contributed by atoms with E-state index in [1.165, 1.54) is 7.11 Å². The molecule has 114 valence electrons. The number of hydrogen-bond donors (Lipinski definition) is 1. The van der Waals surface area contributed by atoms with Crippen LogP contribution >= 0.6 is 15.9 Å². The quantitative estimate of drug-likeness (QED) is 0.761. The number of methoxy groups -OCH3 is 1. The molecule has 20 heavy (non-hydrogen) atoms. The molecule has 3 nitrogen and oxygen atoms in total. The first-order valence-electron chi connectivity index (χ1n) is 5.97. The van der Waals surface area contributed by atoms with Crippen molar-refractivity contribution in [2.45, 2.75) is 25.1 Å². The molecule has 1 atom stereocenters. The minimum Gasteiger partial charge on any atom is -0.497 e. The van der Waals surface area contributed by atoms with Crippen molar-refractivity contribution in [2.24, 2.45) is 0 Å². The van der Waals surface area contributed by atoms with E-state index in [4.69, 9.17) is 4.74 Å². The number of alkyl halides is 3. The maximum absolute atomic E-state index is 11.9. The van der Waals surface area contributed by atoms with Crippen molar-refractivity contribution in [1.29, 1.82) is 0 Å². The summed E-state index contributed by atoms with van der Waals surface area (Å²) in [4.78, 5) is 0. The molecule has 0 radical (unpaired) electrons. The predicted octanol–water partition coefficient (Wildman–Crippen LogP) is 3.33. The summed E-state index contributed by atoms with van der Waals surface area (Å²) in [6.07, 6.45) is -4.65. The van der Waals surface area contributed by atoms with Crippen LogP contribution < -0.4 is 4.74 Å². The lowest BCUT2D eigenvalue weighted by molar-refractivity contribution is -0.175. The summed E-state index contributed by atoms with van der Waals surface area (Å²) in [5.74, 6) is 0.656. The molecule has 0 saturated carbocycles. The maximum atomic E-state index is 11.9. The lowest BCUT2D eigenvalue weighted by Crippen LogP contribution is -2.20. The Morgan fingerprint density at radius 3 is 2.65 bits per heavy atom. The van der Waals surface area contributed by atoms with E-state index in [1.54, 1.807) is 18.2 Å². The number of hydrogen-bond acceptors (Lipinski definition) is 3. The van der Waals surface area contributed by atoms with Crippen LogP contribution in [-0.4, -0.2) is 37.7 Å². The molecule has 7 heteroatoms. The summed E-state index contributed by atoms with van der Waals surface area (Å²) in [6, 6.07) is 5.33. The molecule has 0 saturated heterocycles. The van der Waals surface area contributed by atoms with Gasteiger partial charge in [0.25, 0.3) is 0 Å². The Kier molecular flexibility index (Phi) is 6.78. The van der Waals surface area contributed by atoms with Crippen molar-refractivity contribution in [2.75, 3.05) is 20.3 Å². The van der Waals surface area contributed by atoms with Gasteiger partial charge >= 0.3 is 6.18 Å². The third kappa shape index (κ3) is 6.58. The minimum atomic E-state index is -4.33. The van der Waals surface area contributed by atoms with E-state index in [9.17, 15) is 18.3 Å². The molecular formula is C13H16BrF3O3. The van der Waals surface area contributed by atoms with Crippen LogP contribution in [-0.2, 0) is 11.2 Å². The monoisotopic (exact) mass is 356 g/mol. The summed E-state index contributed by atoms with van der Waals surface area (Å²) in [5.41, 5.74) is 0.827. The fraction of sp³-hybridized carbons (Fsp3) is 0.538. The number of aliphatic hydroxyl groups excluding tert-OH is 1. The van der Waals surface area contributed by atoms with Gasteiger partial charge in [0.1, 0.15) is 12.4 Å². The Bertz CT molecular complexity index is 424. The average Bonchev–Trinajstić information content (AvgIpc) is 2.36. The van der Waals surface area contributed by atoms with E-state index in [1.807, 2.05) is 0 Å². The molecule has 0 heterocycles. The van der Waals surface area contributed by atoms with E-state index in [0.717, 1.165) is 10.0 Å². The Labute approximate surface area is 123 Å². The van der Waals surface area contributed by atoms with Crippen molar-refractivity contribution in [1.82, 2.24) is 0 Å². The van der Waals surface area contributed by atoms with Crippen molar-refractivity contribution in [3.05, 3.63) is 28.2 Å².